The molecular weight excluding hydrogens is 272 g/mol. The number of aromatic nitrogens is 2. The van der Waals surface area contributed by atoms with Gasteiger partial charge in [0.15, 0.2) is 0 Å². The van der Waals surface area contributed by atoms with E-state index in [1.54, 1.807) is 0 Å². The summed E-state index contributed by atoms with van der Waals surface area (Å²) in [6.07, 6.45) is 1.84. The van der Waals surface area contributed by atoms with Crippen molar-refractivity contribution in [2.75, 3.05) is 0 Å². The van der Waals surface area contributed by atoms with Gasteiger partial charge < -0.3 is 0 Å². The van der Waals surface area contributed by atoms with E-state index < -0.39 is 0 Å². The molecule has 4 nitrogen and oxygen atoms in total. The molecule has 0 saturated carbocycles. The summed E-state index contributed by atoms with van der Waals surface area (Å²) >= 11 is 6.03. The van der Waals surface area contributed by atoms with Crippen molar-refractivity contribution < 1.29 is 0 Å². The predicted octanol–water partition coefficient (Wildman–Crippen LogP) is 2.83. The third-order valence-corrected chi connectivity index (χ3v) is 4.03. The number of nitrogens with zero attached hydrogens (tertiary/aromatic N) is 2. The van der Waals surface area contributed by atoms with E-state index in [9.17, 15) is 0 Å². The van der Waals surface area contributed by atoms with Crippen LogP contribution in [0.5, 0.6) is 0 Å². The molecule has 2 aromatic rings. The van der Waals surface area contributed by atoms with Crippen molar-refractivity contribution in [2.45, 2.75) is 32.7 Å². The second-order valence-corrected chi connectivity index (χ2v) is 5.52. The van der Waals surface area contributed by atoms with E-state index in [1.165, 1.54) is 11.3 Å². The minimum Gasteiger partial charge on any atom is -0.272 e. The number of hydrogen-bond acceptors (Lipinski definition) is 3. The molecular formula is C15H21ClN4. The molecule has 0 bridgehead atoms. The molecule has 0 aliphatic carbocycles. The molecule has 108 valence electrons. The first-order chi connectivity index (χ1) is 9.52. The van der Waals surface area contributed by atoms with Crippen molar-refractivity contribution in [1.82, 2.24) is 15.2 Å². The first kappa shape index (κ1) is 15.0. The van der Waals surface area contributed by atoms with E-state index in [4.69, 9.17) is 17.4 Å². The van der Waals surface area contributed by atoms with Crippen LogP contribution in [0.15, 0.2) is 24.3 Å². The van der Waals surface area contributed by atoms with Crippen molar-refractivity contribution in [3.05, 3.63) is 51.8 Å². The topological polar surface area (TPSA) is 55.9 Å². The lowest BCUT2D eigenvalue weighted by Gasteiger charge is -2.16. The number of rotatable bonds is 5. The van der Waals surface area contributed by atoms with Gasteiger partial charge in [-0.2, -0.15) is 5.10 Å². The van der Waals surface area contributed by atoms with Gasteiger partial charge in [0.25, 0.3) is 0 Å². The summed E-state index contributed by atoms with van der Waals surface area (Å²) in [5.74, 6) is 5.69. The Hall–Kier alpha value is -1.36. The molecule has 0 amide bonds. The predicted molar refractivity (Wildman–Crippen MR) is 82.5 cm³/mol. The van der Waals surface area contributed by atoms with Gasteiger partial charge in [-0.25, -0.2) is 0 Å². The highest BCUT2D eigenvalue weighted by Gasteiger charge is 2.14. The molecule has 3 N–H and O–H groups in total. The highest BCUT2D eigenvalue weighted by Crippen LogP contribution is 2.23. The van der Waals surface area contributed by atoms with Crippen LogP contribution in [0, 0.1) is 13.8 Å². The SMILES string of the molecule is Cc1nn(C)c(C)c1CCC(NN)c1cccc(Cl)c1. The van der Waals surface area contributed by atoms with Gasteiger partial charge >= 0.3 is 0 Å². The van der Waals surface area contributed by atoms with Crippen LogP contribution < -0.4 is 11.3 Å². The van der Waals surface area contributed by atoms with Gasteiger partial charge in [0.05, 0.1) is 5.69 Å². The summed E-state index contributed by atoms with van der Waals surface area (Å²) in [6, 6.07) is 7.90. The van der Waals surface area contributed by atoms with Crippen LogP contribution in [-0.2, 0) is 13.5 Å². The van der Waals surface area contributed by atoms with Crippen LogP contribution in [0.4, 0.5) is 0 Å². The van der Waals surface area contributed by atoms with Crippen molar-refractivity contribution in [3.63, 3.8) is 0 Å². The third kappa shape index (κ3) is 3.20. The summed E-state index contributed by atoms with van der Waals surface area (Å²) in [6.45, 7) is 4.15. The zero-order chi connectivity index (χ0) is 14.7. The summed E-state index contributed by atoms with van der Waals surface area (Å²) in [5.41, 5.74) is 7.59. The molecule has 1 heterocycles. The number of aryl methyl sites for hydroxylation is 2. The molecule has 0 aliphatic heterocycles. The highest BCUT2D eigenvalue weighted by molar-refractivity contribution is 6.30. The number of nitrogens with one attached hydrogen (secondary N) is 1. The lowest BCUT2D eigenvalue weighted by molar-refractivity contribution is 0.515. The second kappa shape index (κ2) is 6.39. The molecule has 0 fully saturated rings. The van der Waals surface area contributed by atoms with Crippen molar-refractivity contribution in [1.29, 1.82) is 0 Å². The van der Waals surface area contributed by atoms with Gasteiger partial charge in [-0.15, -0.1) is 0 Å². The standard InChI is InChI=1S/C15H21ClN4/c1-10-14(11(2)20(3)19-10)7-8-15(18-17)12-5-4-6-13(16)9-12/h4-6,9,15,18H,7-8,17H2,1-3H3. The smallest absolute Gasteiger partial charge is 0.0628 e. The Morgan fingerprint density at radius 1 is 1.40 bits per heavy atom. The first-order valence-corrected chi connectivity index (χ1v) is 7.11. The second-order valence-electron chi connectivity index (χ2n) is 5.09. The van der Waals surface area contributed by atoms with Crippen LogP contribution in [0.2, 0.25) is 5.02 Å². The average molecular weight is 293 g/mol. The lowest BCUT2D eigenvalue weighted by Crippen LogP contribution is -2.28. The van der Waals surface area contributed by atoms with Crippen molar-refractivity contribution in [3.8, 4) is 0 Å². The van der Waals surface area contributed by atoms with Crippen LogP contribution in [0.3, 0.4) is 0 Å². The van der Waals surface area contributed by atoms with Crippen LogP contribution in [-0.4, -0.2) is 9.78 Å². The third-order valence-electron chi connectivity index (χ3n) is 3.79. The summed E-state index contributed by atoms with van der Waals surface area (Å²) in [5, 5.41) is 5.18. The number of hydrazine groups is 1. The number of hydrogen-bond donors (Lipinski definition) is 2. The van der Waals surface area contributed by atoms with Gasteiger partial charge in [0, 0.05) is 23.8 Å². The maximum absolute atomic E-state index is 6.03. The zero-order valence-electron chi connectivity index (χ0n) is 12.2. The maximum Gasteiger partial charge on any atom is 0.0628 e. The fraction of sp³-hybridized carbons (Fsp3) is 0.400. The maximum atomic E-state index is 6.03. The van der Waals surface area contributed by atoms with Crippen LogP contribution >= 0.6 is 11.6 Å². The molecule has 0 saturated heterocycles. The molecule has 1 aromatic carbocycles. The number of nitrogens with two attached hydrogens (primary N) is 1. The van der Waals surface area contributed by atoms with E-state index in [2.05, 4.69) is 17.4 Å². The Morgan fingerprint density at radius 2 is 2.15 bits per heavy atom. The van der Waals surface area contributed by atoms with Crippen LogP contribution in [0.1, 0.15) is 35.0 Å². The van der Waals surface area contributed by atoms with Gasteiger partial charge in [-0.1, -0.05) is 23.7 Å². The van der Waals surface area contributed by atoms with Crippen LogP contribution in [0.25, 0.3) is 0 Å². The molecule has 1 unspecified atom stereocenters. The number of halogens is 1. The Kier molecular flexibility index (Phi) is 4.81. The van der Waals surface area contributed by atoms with E-state index in [1.807, 2.05) is 42.9 Å². The Labute approximate surface area is 124 Å². The molecule has 5 heteroatoms. The first-order valence-electron chi connectivity index (χ1n) is 6.73. The van der Waals surface area contributed by atoms with E-state index >= 15 is 0 Å². The Balaban J connectivity index is 2.11. The van der Waals surface area contributed by atoms with Gasteiger partial charge in [0.1, 0.15) is 0 Å². The quantitative estimate of drug-likeness (QED) is 0.658. The fourth-order valence-electron chi connectivity index (χ4n) is 2.54. The summed E-state index contributed by atoms with van der Waals surface area (Å²) in [4.78, 5) is 0. The normalized spacial score (nSPS) is 12.7. The molecule has 1 aromatic heterocycles. The molecule has 1 atom stereocenters. The average Bonchev–Trinajstić information content (AvgIpc) is 2.65. The highest BCUT2D eigenvalue weighted by atomic mass is 35.5. The van der Waals surface area contributed by atoms with Crippen molar-refractivity contribution >= 4 is 11.6 Å². The largest absolute Gasteiger partial charge is 0.272 e. The van der Waals surface area contributed by atoms with Gasteiger partial charge in [-0.3, -0.25) is 16.0 Å². The monoisotopic (exact) mass is 292 g/mol. The van der Waals surface area contributed by atoms with Crippen molar-refractivity contribution in [2.24, 2.45) is 12.9 Å². The molecule has 0 radical (unpaired) electrons. The fourth-order valence-corrected chi connectivity index (χ4v) is 2.74. The van der Waals surface area contributed by atoms with Gasteiger partial charge in [-0.05, 0) is 49.9 Å². The summed E-state index contributed by atoms with van der Waals surface area (Å²) < 4.78 is 1.93. The Bertz CT molecular complexity index is 592. The minimum absolute atomic E-state index is 0.0905. The molecule has 20 heavy (non-hydrogen) atoms. The lowest BCUT2D eigenvalue weighted by atomic mass is 9.98. The van der Waals surface area contributed by atoms with Gasteiger partial charge in [0.2, 0.25) is 0 Å². The van der Waals surface area contributed by atoms with E-state index in [-0.39, 0.29) is 6.04 Å². The van der Waals surface area contributed by atoms with E-state index in [0.717, 1.165) is 29.1 Å². The Morgan fingerprint density at radius 3 is 2.70 bits per heavy atom. The summed E-state index contributed by atoms with van der Waals surface area (Å²) in [7, 11) is 1.97. The number of benzene rings is 1. The molecule has 0 aliphatic rings. The van der Waals surface area contributed by atoms with E-state index in [0.29, 0.717) is 0 Å². The zero-order valence-corrected chi connectivity index (χ0v) is 12.9. The molecule has 0 spiro atoms. The molecule has 2 rings (SSSR count). The minimum atomic E-state index is 0.0905.